The van der Waals surface area contributed by atoms with Crippen molar-refractivity contribution in [2.45, 2.75) is 0 Å². The minimum atomic E-state index is -0.696. The van der Waals surface area contributed by atoms with Gasteiger partial charge in [0.1, 0.15) is 17.1 Å². The third-order valence-electron chi connectivity index (χ3n) is 2.87. The molecule has 0 amide bonds. The molecule has 21 heavy (non-hydrogen) atoms. The molecule has 1 heterocycles. The highest BCUT2D eigenvalue weighted by atomic mass is 19.1. The van der Waals surface area contributed by atoms with Gasteiger partial charge in [-0.05, 0) is 30.3 Å². The summed E-state index contributed by atoms with van der Waals surface area (Å²) >= 11 is 0. The van der Waals surface area contributed by atoms with Gasteiger partial charge in [0.2, 0.25) is 5.82 Å². The molecule has 0 bridgehead atoms. The molecule has 106 valence electrons. The van der Waals surface area contributed by atoms with Gasteiger partial charge in [-0.15, -0.1) is 0 Å². The summed E-state index contributed by atoms with van der Waals surface area (Å²) in [5, 5.41) is 32.0. The van der Waals surface area contributed by atoms with Gasteiger partial charge in [0.25, 0.3) is 5.89 Å². The first-order valence-corrected chi connectivity index (χ1v) is 5.90. The van der Waals surface area contributed by atoms with Crippen LogP contribution in [0.2, 0.25) is 0 Å². The Hall–Kier alpha value is -3.09. The van der Waals surface area contributed by atoms with Crippen LogP contribution in [0.5, 0.6) is 17.2 Å². The summed E-state index contributed by atoms with van der Waals surface area (Å²) in [5.41, 5.74) is 0.176. The van der Waals surface area contributed by atoms with Crippen LogP contribution in [-0.2, 0) is 0 Å². The average Bonchev–Trinajstić information content (AvgIpc) is 2.91. The number of hydrogen-bond acceptors (Lipinski definition) is 6. The van der Waals surface area contributed by atoms with E-state index in [1.807, 2.05) is 0 Å². The minimum Gasteiger partial charge on any atom is -0.507 e. The lowest BCUT2D eigenvalue weighted by Crippen LogP contribution is -1.86. The van der Waals surface area contributed by atoms with Crippen LogP contribution in [0.4, 0.5) is 4.39 Å². The molecule has 7 heteroatoms. The van der Waals surface area contributed by atoms with Gasteiger partial charge in [0.15, 0.2) is 11.5 Å². The Labute approximate surface area is 117 Å². The van der Waals surface area contributed by atoms with E-state index in [0.717, 1.165) is 6.07 Å². The first-order valence-electron chi connectivity index (χ1n) is 5.90. The molecule has 0 aliphatic heterocycles. The van der Waals surface area contributed by atoms with Gasteiger partial charge in [-0.3, -0.25) is 0 Å². The molecule has 0 saturated heterocycles. The second kappa shape index (κ2) is 4.78. The van der Waals surface area contributed by atoms with Gasteiger partial charge >= 0.3 is 0 Å². The predicted molar refractivity (Wildman–Crippen MR) is 70.1 cm³/mol. The van der Waals surface area contributed by atoms with Crippen molar-refractivity contribution in [2.24, 2.45) is 0 Å². The first-order chi connectivity index (χ1) is 10.1. The maximum atomic E-state index is 13.7. The number of halogens is 1. The Balaban J connectivity index is 2.06. The average molecular weight is 288 g/mol. The van der Waals surface area contributed by atoms with Crippen molar-refractivity contribution in [3.05, 3.63) is 42.2 Å². The Bertz CT molecular complexity index is 796. The second-order valence-electron chi connectivity index (χ2n) is 4.26. The largest absolute Gasteiger partial charge is 0.507 e. The first kappa shape index (κ1) is 12.9. The van der Waals surface area contributed by atoms with E-state index in [2.05, 4.69) is 10.1 Å². The van der Waals surface area contributed by atoms with Gasteiger partial charge in [-0.25, -0.2) is 4.39 Å². The van der Waals surface area contributed by atoms with Crippen molar-refractivity contribution in [3.63, 3.8) is 0 Å². The van der Waals surface area contributed by atoms with Crippen molar-refractivity contribution in [1.82, 2.24) is 10.1 Å². The van der Waals surface area contributed by atoms with E-state index >= 15 is 0 Å². The third-order valence-corrected chi connectivity index (χ3v) is 2.87. The second-order valence-corrected chi connectivity index (χ2v) is 4.26. The molecule has 0 aliphatic carbocycles. The Morgan fingerprint density at radius 3 is 2.48 bits per heavy atom. The zero-order valence-corrected chi connectivity index (χ0v) is 10.5. The van der Waals surface area contributed by atoms with E-state index in [1.165, 1.54) is 30.3 Å². The molecule has 0 radical (unpaired) electrons. The van der Waals surface area contributed by atoms with E-state index in [9.17, 15) is 19.7 Å². The number of aromatic hydroxyl groups is 3. The zero-order valence-electron chi connectivity index (χ0n) is 10.5. The standard InChI is InChI=1S/C14H9FN2O4/c15-8-2-1-3-10(19)12(8)14-16-13(17-21-14)7-4-5-9(18)11(20)6-7/h1-6,18-20H. The van der Waals surface area contributed by atoms with E-state index in [-0.39, 0.29) is 34.5 Å². The van der Waals surface area contributed by atoms with Crippen molar-refractivity contribution < 1.29 is 24.2 Å². The number of phenols is 3. The molecule has 1 aromatic heterocycles. The number of phenolic OH excluding ortho intramolecular Hbond substituents is 3. The van der Waals surface area contributed by atoms with Crippen LogP contribution in [0.1, 0.15) is 0 Å². The summed E-state index contributed by atoms with van der Waals surface area (Å²) in [6.45, 7) is 0. The molecule has 0 spiro atoms. The lowest BCUT2D eigenvalue weighted by atomic mass is 10.1. The fourth-order valence-electron chi connectivity index (χ4n) is 1.83. The van der Waals surface area contributed by atoms with Gasteiger partial charge in [0, 0.05) is 5.56 Å². The molecule has 0 aliphatic rings. The van der Waals surface area contributed by atoms with E-state index in [1.54, 1.807) is 0 Å². The van der Waals surface area contributed by atoms with Crippen molar-refractivity contribution in [1.29, 1.82) is 0 Å². The molecular weight excluding hydrogens is 279 g/mol. The topological polar surface area (TPSA) is 99.6 Å². The maximum Gasteiger partial charge on any atom is 0.265 e. The molecule has 0 fully saturated rings. The van der Waals surface area contributed by atoms with Crippen LogP contribution in [-0.4, -0.2) is 25.5 Å². The van der Waals surface area contributed by atoms with Gasteiger partial charge in [0.05, 0.1) is 0 Å². The SMILES string of the molecule is Oc1ccc(-c2noc(-c3c(O)cccc3F)n2)cc1O. The number of benzene rings is 2. The fraction of sp³-hybridized carbons (Fsp3) is 0. The molecule has 0 saturated carbocycles. The summed E-state index contributed by atoms with van der Waals surface area (Å²) in [7, 11) is 0. The van der Waals surface area contributed by atoms with Crippen molar-refractivity contribution in [2.75, 3.05) is 0 Å². The number of rotatable bonds is 2. The molecule has 0 atom stereocenters. The summed E-state index contributed by atoms with van der Waals surface area (Å²) in [6, 6.07) is 7.78. The number of hydrogen-bond donors (Lipinski definition) is 3. The van der Waals surface area contributed by atoms with Crippen LogP contribution in [0.25, 0.3) is 22.8 Å². The fourth-order valence-corrected chi connectivity index (χ4v) is 1.83. The molecular formula is C14H9FN2O4. The van der Waals surface area contributed by atoms with Crippen molar-refractivity contribution >= 4 is 0 Å². The summed E-state index contributed by atoms with van der Waals surface area (Å²) in [4.78, 5) is 3.97. The number of nitrogens with zero attached hydrogens (tertiary/aromatic N) is 2. The highest BCUT2D eigenvalue weighted by Crippen LogP contribution is 2.33. The van der Waals surface area contributed by atoms with Crippen LogP contribution in [0, 0.1) is 5.82 Å². The van der Waals surface area contributed by atoms with E-state index in [4.69, 9.17) is 4.52 Å². The van der Waals surface area contributed by atoms with Crippen LogP contribution in [0.3, 0.4) is 0 Å². The summed E-state index contributed by atoms with van der Waals surface area (Å²) < 4.78 is 18.6. The van der Waals surface area contributed by atoms with Gasteiger partial charge in [-0.1, -0.05) is 11.2 Å². The van der Waals surface area contributed by atoms with Crippen LogP contribution in [0.15, 0.2) is 40.9 Å². The molecule has 2 aromatic carbocycles. The minimum absolute atomic E-state index is 0.0861. The molecule has 3 aromatic rings. The normalized spacial score (nSPS) is 10.7. The summed E-state index contributed by atoms with van der Waals surface area (Å²) in [5.74, 6) is -1.74. The summed E-state index contributed by atoms with van der Waals surface area (Å²) in [6.07, 6.45) is 0. The highest BCUT2D eigenvalue weighted by Gasteiger charge is 2.18. The van der Waals surface area contributed by atoms with E-state index in [0.29, 0.717) is 5.56 Å². The zero-order chi connectivity index (χ0) is 15.0. The quantitative estimate of drug-likeness (QED) is 0.627. The smallest absolute Gasteiger partial charge is 0.265 e. The Morgan fingerprint density at radius 1 is 0.952 bits per heavy atom. The lowest BCUT2D eigenvalue weighted by Gasteiger charge is -2.00. The Kier molecular flexibility index (Phi) is 2.94. The van der Waals surface area contributed by atoms with Gasteiger partial charge in [-0.2, -0.15) is 4.98 Å². The number of aromatic nitrogens is 2. The third kappa shape index (κ3) is 2.25. The van der Waals surface area contributed by atoms with Crippen LogP contribution < -0.4 is 0 Å². The Morgan fingerprint density at radius 2 is 1.76 bits per heavy atom. The molecule has 6 nitrogen and oxygen atoms in total. The predicted octanol–water partition coefficient (Wildman–Crippen LogP) is 2.66. The maximum absolute atomic E-state index is 13.7. The van der Waals surface area contributed by atoms with Crippen molar-refractivity contribution in [3.8, 4) is 40.1 Å². The lowest BCUT2D eigenvalue weighted by molar-refractivity contribution is 0.403. The van der Waals surface area contributed by atoms with Crippen LogP contribution >= 0.6 is 0 Å². The molecule has 3 rings (SSSR count). The van der Waals surface area contributed by atoms with Gasteiger partial charge < -0.3 is 19.8 Å². The molecule has 0 unspecified atom stereocenters. The monoisotopic (exact) mass is 288 g/mol. The molecule has 3 N–H and O–H groups in total. The van der Waals surface area contributed by atoms with E-state index < -0.39 is 5.82 Å². The highest BCUT2D eigenvalue weighted by molar-refractivity contribution is 5.66.